The number of hydrogen-bond acceptors (Lipinski definition) is 4. The van der Waals surface area contributed by atoms with Crippen LogP contribution in [0.2, 0.25) is 0 Å². The quantitative estimate of drug-likeness (QED) is 0.749. The fourth-order valence-electron chi connectivity index (χ4n) is 2.12. The van der Waals surface area contributed by atoms with Crippen molar-refractivity contribution in [2.24, 2.45) is 0 Å². The maximum Gasteiger partial charge on any atom is 0.175 e. The summed E-state index contributed by atoms with van der Waals surface area (Å²) in [6.07, 6.45) is 5.60. The minimum absolute atomic E-state index is 0.721. The molecule has 0 saturated carbocycles. The van der Waals surface area contributed by atoms with Crippen molar-refractivity contribution in [1.82, 2.24) is 5.32 Å². The van der Waals surface area contributed by atoms with E-state index in [2.05, 4.69) is 39.6 Å². The molecule has 0 atom stereocenters. The molecule has 1 N–H and O–H groups in total. The maximum atomic E-state index is 5.74. The molecule has 1 aliphatic rings. The predicted octanol–water partition coefficient (Wildman–Crippen LogP) is 3.84. The molecule has 2 rings (SSSR count). The molecule has 20 heavy (non-hydrogen) atoms. The zero-order chi connectivity index (χ0) is 14.2. The summed E-state index contributed by atoms with van der Waals surface area (Å²) >= 11 is 5.49. The molecule has 0 aliphatic carbocycles. The molecule has 3 nitrogen and oxygen atoms in total. The molecule has 0 bridgehead atoms. The van der Waals surface area contributed by atoms with E-state index in [4.69, 9.17) is 9.47 Å². The third kappa shape index (κ3) is 4.86. The molecule has 0 spiro atoms. The van der Waals surface area contributed by atoms with Crippen LogP contribution in [0.5, 0.6) is 11.5 Å². The van der Waals surface area contributed by atoms with Crippen molar-refractivity contribution in [1.29, 1.82) is 0 Å². The second kappa shape index (κ2) is 8.80. The minimum Gasteiger partial charge on any atom is -0.490 e. The maximum absolute atomic E-state index is 5.74. The Balaban J connectivity index is 1.86. The molecule has 0 amide bonds. The monoisotopic (exact) mass is 359 g/mol. The molecule has 5 heteroatoms. The smallest absolute Gasteiger partial charge is 0.175 e. The van der Waals surface area contributed by atoms with Gasteiger partial charge in [0.2, 0.25) is 0 Å². The fourth-order valence-corrected chi connectivity index (χ4v) is 3.21. The van der Waals surface area contributed by atoms with Gasteiger partial charge in [-0.15, -0.1) is 0 Å². The van der Waals surface area contributed by atoms with Crippen LogP contribution < -0.4 is 14.8 Å². The van der Waals surface area contributed by atoms with Gasteiger partial charge in [-0.05, 0) is 65.0 Å². The van der Waals surface area contributed by atoms with Crippen LogP contribution in [0.3, 0.4) is 0 Å². The number of halogens is 1. The highest BCUT2D eigenvalue weighted by Gasteiger charge is 2.14. The van der Waals surface area contributed by atoms with Gasteiger partial charge in [0.15, 0.2) is 11.5 Å². The number of unbranched alkanes of at least 4 members (excludes halogenated alkanes) is 1. The van der Waals surface area contributed by atoms with Crippen LogP contribution in [0.4, 0.5) is 0 Å². The highest BCUT2D eigenvalue weighted by molar-refractivity contribution is 9.10. The SMILES string of the molecule is CSCCCCNCc1cc(Br)c2c(c1)OCCCO2. The molecular formula is C15H22BrNO2S. The van der Waals surface area contributed by atoms with Crippen LogP contribution in [0.1, 0.15) is 24.8 Å². The minimum atomic E-state index is 0.721. The van der Waals surface area contributed by atoms with Crippen molar-refractivity contribution < 1.29 is 9.47 Å². The molecular weight excluding hydrogens is 338 g/mol. The van der Waals surface area contributed by atoms with Crippen LogP contribution in [0.25, 0.3) is 0 Å². The summed E-state index contributed by atoms with van der Waals surface area (Å²) in [5.41, 5.74) is 1.23. The van der Waals surface area contributed by atoms with E-state index in [9.17, 15) is 0 Å². The number of ether oxygens (including phenoxy) is 2. The number of rotatable bonds is 7. The summed E-state index contributed by atoms with van der Waals surface area (Å²) < 4.78 is 12.4. The van der Waals surface area contributed by atoms with Gasteiger partial charge in [-0.3, -0.25) is 0 Å². The van der Waals surface area contributed by atoms with Gasteiger partial charge in [0.05, 0.1) is 17.7 Å². The van der Waals surface area contributed by atoms with Crippen LogP contribution in [-0.4, -0.2) is 31.8 Å². The highest BCUT2D eigenvalue weighted by Crippen LogP contribution is 2.38. The number of fused-ring (bicyclic) bond motifs is 1. The van der Waals surface area contributed by atoms with Crippen LogP contribution in [-0.2, 0) is 6.54 Å². The Labute approximate surface area is 133 Å². The number of hydrogen-bond donors (Lipinski definition) is 1. The van der Waals surface area contributed by atoms with E-state index in [0.717, 1.165) is 48.7 Å². The lowest BCUT2D eigenvalue weighted by molar-refractivity contribution is 0.296. The molecule has 0 aromatic heterocycles. The van der Waals surface area contributed by atoms with Gasteiger partial charge < -0.3 is 14.8 Å². The highest BCUT2D eigenvalue weighted by atomic mass is 79.9. The van der Waals surface area contributed by atoms with Gasteiger partial charge in [0.25, 0.3) is 0 Å². The zero-order valence-electron chi connectivity index (χ0n) is 11.9. The van der Waals surface area contributed by atoms with E-state index in [1.165, 1.54) is 24.2 Å². The molecule has 0 unspecified atom stereocenters. The second-order valence-corrected chi connectivity index (χ2v) is 6.67. The Hall–Kier alpha value is -0.390. The lowest BCUT2D eigenvalue weighted by Gasteiger charge is -2.12. The van der Waals surface area contributed by atoms with Crippen molar-refractivity contribution in [2.75, 3.05) is 31.8 Å². The summed E-state index contributed by atoms with van der Waals surface area (Å²) in [7, 11) is 0. The number of benzene rings is 1. The molecule has 112 valence electrons. The first-order chi connectivity index (χ1) is 9.81. The molecule has 1 aromatic rings. The molecule has 0 fully saturated rings. The Kier molecular flexibility index (Phi) is 7.03. The Morgan fingerprint density at radius 3 is 2.95 bits per heavy atom. The molecule has 1 heterocycles. The molecule has 0 radical (unpaired) electrons. The first-order valence-corrected chi connectivity index (χ1v) is 9.27. The Morgan fingerprint density at radius 1 is 1.25 bits per heavy atom. The van der Waals surface area contributed by atoms with Gasteiger partial charge in [-0.1, -0.05) is 0 Å². The standard InChI is InChI=1S/C15H22BrNO2S/c1-20-8-3-2-5-17-11-12-9-13(16)15-14(10-12)18-6-4-7-19-15/h9-10,17H,2-8,11H2,1H3. The molecule has 0 saturated heterocycles. The summed E-state index contributed by atoms with van der Waals surface area (Å²) in [4.78, 5) is 0. The summed E-state index contributed by atoms with van der Waals surface area (Å²) in [6, 6.07) is 4.20. The van der Waals surface area contributed by atoms with Crippen molar-refractivity contribution in [2.45, 2.75) is 25.8 Å². The fraction of sp³-hybridized carbons (Fsp3) is 0.600. The average molecular weight is 360 g/mol. The van der Waals surface area contributed by atoms with E-state index in [-0.39, 0.29) is 0 Å². The molecule has 1 aliphatic heterocycles. The summed E-state index contributed by atoms with van der Waals surface area (Å²) in [6.45, 7) is 3.38. The van der Waals surface area contributed by atoms with E-state index >= 15 is 0 Å². The third-order valence-electron chi connectivity index (χ3n) is 3.14. The van der Waals surface area contributed by atoms with Gasteiger partial charge in [0.1, 0.15) is 0 Å². The molecule has 1 aromatic carbocycles. The lowest BCUT2D eigenvalue weighted by Crippen LogP contribution is -2.15. The van der Waals surface area contributed by atoms with Crippen molar-refractivity contribution >= 4 is 27.7 Å². The Bertz CT molecular complexity index is 429. The van der Waals surface area contributed by atoms with E-state index in [1.807, 2.05) is 11.8 Å². The zero-order valence-corrected chi connectivity index (χ0v) is 14.3. The van der Waals surface area contributed by atoms with E-state index in [0.29, 0.717) is 0 Å². The number of nitrogens with one attached hydrogen (secondary N) is 1. The van der Waals surface area contributed by atoms with E-state index in [1.54, 1.807) is 0 Å². The van der Waals surface area contributed by atoms with Crippen LogP contribution in [0, 0.1) is 0 Å². The van der Waals surface area contributed by atoms with E-state index < -0.39 is 0 Å². The van der Waals surface area contributed by atoms with Gasteiger partial charge in [0, 0.05) is 13.0 Å². The van der Waals surface area contributed by atoms with Crippen molar-refractivity contribution in [3.05, 3.63) is 22.2 Å². The van der Waals surface area contributed by atoms with Gasteiger partial charge in [-0.25, -0.2) is 0 Å². The van der Waals surface area contributed by atoms with Crippen LogP contribution in [0.15, 0.2) is 16.6 Å². The summed E-state index contributed by atoms with van der Waals surface area (Å²) in [5.74, 6) is 2.94. The number of thioether (sulfide) groups is 1. The largest absolute Gasteiger partial charge is 0.490 e. The second-order valence-electron chi connectivity index (χ2n) is 4.83. The third-order valence-corrected chi connectivity index (χ3v) is 4.43. The normalized spacial score (nSPS) is 14.1. The Morgan fingerprint density at radius 2 is 2.10 bits per heavy atom. The first kappa shape index (κ1) is 16.0. The lowest BCUT2D eigenvalue weighted by atomic mass is 10.2. The first-order valence-electron chi connectivity index (χ1n) is 7.09. The predicted molar refractivity (Wildman–Crippen MR) is 89.1 cm³/mol. The topological polar surface area (TPSA) is 30.5 Å². The van der Waals surface area contributed by atoms with Crippen molar-refractivity contribution in [3.63, 3.8) is 0 Å². The van der Waals surface area contributed by atoms with Gasteiger partial charge in [-0.2, -0.15) is 11.8 Å². The van der Waals surface area contributed by atoms with Gasteiger partial charge >= 0.3 is 0 Å². The van der Waals surface area contributed by atoms with Crippen LogP contribution >= 0.6 is 27.7 Å². The van der Waals surface area contributed by atoms with Crippen molar-refractivity contribution in [3.8, 4) is 11.5 Å². The average Bonchev–Trinajstić information content (AvgIpc) is 2.68. The summed E-state index contributed by atoms with van der Waals surface area (Å²) in [5, 5.41) is 3.48.